The summed E-state index contributed by atoms with van der Waals surface area (Å²) in [5.41, 5.74) is -0.187. The molecule has 0 saturated carbocycles. The largest absolute Gasteiger partial charge is 0.478 e. The van der Waals surface area contributed by atoms with E-state index in [-0.39, 0.29) is 16.7 Å². The SMILES string of the molecule is C=C(C(=O)O)c1cccc(C(F)F)c1. The Morgan fingerprint density at radius 3 is 2.57 bits per heavy atom. The van der Waals surface area contributed by atoms with Crippen molar-refractivity contribution in [3.63, 3.8) is 0 Å². The molecule has 0 heterocycles. The van der Waals surface area contributed by atoms with Gasteiger partial charge in [0.25, 0.3) is 6.43 Å². The van der Waals surface area contributed by atoms with Crippen LogP contribution in [0.2, 0.25) is 0 Å². The summed E-state index contributed by atoms with van der Waals surface area (Å²) in [6.45, 7) is 3.28. The van der Waals surface area contributed by atoms with E-state index >= 15 is 0 Å². The number of carboxylic acid groups (broad SMARTS) is 1. The first-order chi connectivity index (χ1) is 6.52. The van der Waals surface area contributed by atoms with Gasteiger partial charge in [0.05, 0.1) is 5.57 Å². The normalized spacial score (nSPS) is 10.2. The second-order valence-electron chi connectivity index (χ2n) is 2.71. The molecule has 0 aliphatic rings. The molecule has 2 nitrogen and oxygen atoms in total. The molecular weight excluding hydrogens is 190 g/mol. The number of rotatable bonds is 3. The zero-order valence-electron chi connectivity index (χ0n) is 7.21. The van der Waals surface area contributed by atoms with E-state index in [0.29, 0.717) is 0 Å². The third-order valence-corrected chi connectivity index (χ3v) is 1.75. The molecule has 74 valence electrons. The van der Waals surface area contributed by atoms with Crippen molar-refractivity contribution < 1.29 is 18.7 Å². The maximum atomic E-state index is 12.2. The first kappa shape index (κ1) is 10.4. The molecule has 0 spiro atoms. The fourth-order valence-corrected chi connectivity index (χ4v) is 0.986. The van der Waals surface area contributed by atoms with Gasteiger partial charge in [-0.05, 0) is 11.6 Å². The van der Waals surface area contributed by atoms with E-state index in [4.69, 9.17) is 5.11 Å². The highest BCUT2D eigenvalue weighted by Crippen LogP contribution is 2.22. The summed E-state index contributed by atoms with van der Waals surface area (Å²) in [4.78, 5) is 10.5. The lowest BCUT2D eigenvalue weighted by Gasteiger charge is -2.03. The number of aliphatic carboxylic acids is 1. The van der Waals surface area contributed by atoms with Crippen LogP contribution in [0.3, 0.4) is 0 Å². The molecule has 0 amide bonds. The molecule has 0 saturated heterocycles. The number of hydrogen-bond acceptors (Lipinski definition) is 1. The molecular formula is C10H8F2O2. The summed E-state index contributed by atoms with van der Waals surface area (Å²) in [6.07, 6.45) is -2.60. The van der Waals surface area contributed by atoms with Crippen molar-refractivity contribution >= 4 is 11.5 Å². The molecule has 0 aliphatic carbocycles. The Hall–Kier alpha value is -1.71. The van der Waals surface area contributed by atoms with Gasteiger partial charge in [-0.1, -0.05) is 24.8 Å². The van der Waals surface area contributed by atoms with Crippen molar-refractivity contribution in [3.8, 4) is 0 Å². The minimum atomic E-state index is -2.60. The van der Waals surface area contributed by atoms with Gasteiger partial charge in [-0.3, -0.25) is 0 Å². The van der Waals surface area contributed by atoms with Crippen LogP contribution in [0.5, 0.6) is 0 Å². The van der Waals surface area contributed by atoms with Crippen molar-refractivity contribution in [2.24, 2.45) is 0 Å². The Morgan fingerprint density at radius 2 is 2.07 bits per heavy atom. The lowest BCUT2D eigenvalue weighted by molar-refractivity contribution is -0.130. The summed E-state index contributed by atoms with van der Waals surface area (Å²) < 4.78 is 24.5. The van der Waals surface area contributed by atoms with Gasteiger partial charge in [0.15, 0.2) is 0 Å². The number of carbonyl (C=O) groups is 1. The van der Waals surface area contributed by atoms with Crippen LogP contribution in [0, 0.1) is 0 Å². The standard InChI is InChI=1S/C10H8F2O2/c1-6(10(13)14)7-3-2-4-8(5-7)9(11)12/h2-5,9H,1H2,(H,13,14). The smallest absolute Gasteiger partial charge is 0.335 e. The van der Waals surface area contributed by atoms with Crippen LogP contribution >= 0.6 is 0 Å². The average molecular weight is 198 g/mol. The van der Waals surface area contributed by atoms with Crippen LogP contribution in [0.4, 0.5) is 8.78 Å². The quantitative estimate of drug-likeness (QED) is 0.758. The van der Waals surface area contributed by atoms with Crippen LogP contribution < -0.4 is 0 Å². The fourth-order valence-electron chi connectivity index (χ4n) is 0.986. The summed E-state index contributed by atoms with van der Waals surface area (Å²) >= 11 is 0. The van der Waals surface area contributed by atoms with E-state index in [0.717, 1.165) is 6.07 Å². The predicted octanol–water partition coefficient (Wildman–Crippen LogP) is 2.72. The minimum absolute atomic E-state index is 0.187. The molecule has 1 rings (SSSR count). The predicted molar refractivity (Wildman–Crippen MR) is 48.1 cm³/mol. The van der Waals surface area contributed by atoms with E-state index < -0.39 is 12.4 Å². The molecule has 0 fully saturated rings. The number of halogens is 2. The van der Waals surface area contributed by atoms with Crippen LogP contribution in [-0.4, -0.2) is 11.1 Å². The molecule has 4 heteroatoms. The van der Waals surface area contributed by atoms with Crippen LogP contribution in [0.25, 0.3) is 5.57 Å². The monoisotopic (exact) mass is 198 g/mol. The Kier molecular flexibility index (Phi) is 2.96. The van der Waals surface area contributed by atoms with Crippen molar-refractivity contribution in [2.75, 3.05) is 0 Å². The van der Waals surface area contributed by atoms with E-state index in [9.17, 15) is 13.6 Å². The molecule has 0 aromatic heterocycles. The first-order valence-electron chi connectivity index (χ1n) is 3.83. The Bertz CT molecular complexity index is 372. The second kappa shape index (κ2) is 4.00. The number of hydrogen-bond donors (Lipinski definition) is 1. The van der Waals surface area contributed by atoms with Gasteiger partial charge in [-0.15, -0.1) is 0 Å². The molecule has 0 aliphatic heterocycles. The van der Waals surface area contributed by atoms with Crippen LogP contribution in [-0.2, 0) is 4.79 Å². The van der Waals surface area contributed by atoms with Crippen LogP contribution in [0.1, 0.15) is 17.6 Å². The van der Waals surface area contributed by atoms with Crippen molar-refractivity contribution in [3.05, 3.63) is 42.0 Å². The molecule has 1 aromatic rings. The summed E-state index contributed by atoms with van der Waals surface area (Å²) in [6, 6.07) is 5.18. The van der Waals surface area contributed by atoms with E-state index in [1.807, 2.05) is 0 Å². The third kappa shape index (κ3) is 2.16. The third-order valence-electron chi connectivity index (χ3n) is 1.75. The van der Waals surface area contributed by atoms with Gasteiger partial charge in [0.2, 0.25) is 0 Å². The van der Waals surface area contributed by atoms with Crippen LogP contribution in [0.15, 0.2) is 30.8 Å². The molecule has 0 unspecified atom stereocenters. The van der Waals surface area contributed by atoms with Gasteiger partial charge in [0, 0.05) is 5.56 Å². The van der Waals surface area contributed by atoms with Gasteiger partial charge in [0.1, 0.15) is 0 Å². The second-order valence-corrected chi connectivity index (χ2v) is 2.71. The minimum Gasteiger partial charge on any atom is -0.478 e. The van der Waals surface area contributed by atoms with E-state index in [1.54, 1.807) is 0 Å². The first-order valence-corrected chi connectivity index (χ1v) is 3.83. The highest BCUT2D eigenvalue weighted by molar-refractivity contribution is 6.14. The summed E-state index contributed by atoms with van der Waals surface area (Å²) in [7, 11) is 0. The molecule has 1 aromatic carbocycles. The Morgan fingerprint density at radius 1 is 1.43 bits per heavy atom. The molecule has 14 heavy (non-hydrogen) atoms. The lowest BCUT2D eigenvalue weighted by Crippen LogP contribution is -1.98. The maximum absolute atomic E-state index is 12.2. The van der Waals surface area contributed by atoms with E-state index in [1.165, 1.54) is 18.2 Å². The topological polar surface area (TPSA) is 37.3 Å². The summed E-state index contributed by atoms with van der Waals surface area (Å²) in [5, 5.41) is 8.58. The van der Waals surface area contributed by atoms with Gasteiger partial charge in [-0.25, -0.2) is 13.6 Å². The van der Waals surface area contributed by atoms with Gasteiger partial charge >= 0.3 is 5.97 Å². The lowest BCUT2D eigenvalue weighted by atomic mass is 10.1. The number of alkyl halides is 2. The van der Waals surface area contributed by atoms with Crippen molar-refractivity contribution in [1.29, 1.82) is 0 Å². The summed E-state index contributed by atoms with van der Waals surface area (Å²) in [5.74, 6) is -1.21. The Labute approximate surface area is 79.5 Å². The van der Waals surface area contributed by atoms with Crippen molar-refractivity contribution in [1.82, 2.24) is 0 Å². The maximum Gasteiger partial charge on any atom is 0.335 e. The highest BCUT2D eigenvalue weighted by Gasteiger charge is 2.11. The number of carboxylic acids is 1. The molecule has 0 radical (unpaired) electrons. The number of benzene rings is 1. The zero-order valence-corrected chi connectivity index (χ0v) is 7.21. The van der Waals surface area contributed by atoms with Gasteiger partial charge < -0.3 is 5.11 Å². The van der Waals surface area contributed by atoms with Gasteiger partial charge in [-0.2, -0.15) is 0 Å². The zero-order chi connectivity index (χ0) is 10.7. The van der Waals surface area contributed by atoms with Crippen molar-refractivity contribution in [2.45, 2.75) is 6.43 Å². The fraction of sp³-hybridized carbons (Fsp3) is 0.100. The van der Waals surface area contributed by atoms with E-state index in [2.05, 4.69) is 6.58 Å². The molecule has 0 atom stereocenters. The molecule has 1 N–H and O–H groups in total. The molecule has 0 bridgehead atoms. The average Bonchev–Trinajstić information content (AvgIpc) is 2.16. The highest BCUT2D eigenvalue weighted by atomic mass is 19.3. The Balaban J connectivity index is 3.06.